The average Bonchev–Trinajstić information content (AvgIpc) is 2.90. The van der Waals surface area contributed by atoms with Crippen LogP contribution in [0.1, 0.15) is 19.5 Å². The molecule has 9 heteroatoms. The third kappa shape index (κ3) is 2.38. The monoisotopic (exact) mass is 284 g/mol. The second-order valence-corrected chi connectivity index (χ2v) is 5.57. The fourth-order valence-electron chi connectivity index (χ4n) is 1.97. The zero-order valence-electron chi connectivity index (χ0n) is 11.0. The Morgan fingerprint density at radius 3 is 2.53 bits per heavy atom. The van der Waals surface area contributed by atoms with Crippen LogP contribution in [0.4, 0.5) is 0 Å². The summed E-state index contributed by atoms with van der Waals surface area (Å²) >= 11 is 0. The standard InChI is InChI=1S/C10H16N6O2S/c1-4-8-7(6-15(3)14-8)9-12-13-10(16(9)5-2)19(11,17)18/h6H,4-5H2,1-3H3,(H2,11,17,18). The van der Waals surface area contributed by atoms with Gasteiger partial charge in [-0.3, -0.25) is 9.25 Å². The maximum Gasteiger partial charge on any atom is 0.273 e. The number of hydrogen-bond acceptors (Lipinski definition) is 5. The van der Waals surface area contributed by atoms with Gasteiger partial charge in [-0.05, 0) is 13.3 Å². The Bertz CT molecular complexity index is 700. The molecular weight excluding hydrogens is 268 g/mol. The van der Waals surface area contributed by atoms with Crippen molar-refractivity contribution >= 4 is 10.0 Å². The minimum Gasteiger partial charge on any atom is -0.297 e. The highest BCUT2D eigenvalue weighted by Crippen LogP contribution is 2.23. The number of nitrogens with two attached hydrogens (primary N) is 1. The van der Waals surface area contributed by atoms with E-state index < -0.39 is 10.0 Å². The number of primary sulfonamides is 1. The third-order valence-electron chi connectivity index (χ3n) is 2.77. The number of rotatable bonds is 4. The first-order valence-electron chi connectivity index (χ1n) is 5.87. The van der Waals surface area contributed by atoms with E-state index in [1.807, 2.05) is 13.8 Å². The Labute approximate surface area is 111 Å². The van der Waals surface area contributed by atoms with Crippen LogP contribution in [0.3, 0.4) is 0 Å². The lowest BCUT2D eigenvalue weighted by molar-refractivity contribution is 0.571. The van der Waals surface area contributed by atoms with Gasteiger partial charge in [0.1, 0.15) is 0 Å². The Morgan fingerprint density at radius 2 is 2.00 bits per heavy atom. The lowest BCUT2D eigenvalue weighted by Crippen LogP contribution is -2.18. The van der Waals surface area contributed by atoms with Crippen LogP contribution in [0.25, 0.3) is 11.4 Å². The molecule has 2 heterocycles. The fourth-order valence-corrected chi connectivity index (χ4v) is 2.64. The van der Waals surface area contributed by atoms with Gasteiger partial charge in [0.25, 0.3) is 15.2 Å². The molecule has 2 N–H and O–H groups in total. The Kier molecular flexibility index (Phi) is 3.42. The van der Waals surface area contributed by atoms with E-state index in [0.717, 1.165) is 17.7 Å². The van der Waals surface area contributed by atoms with E-state index in [-0.39, 0.29) is 5.16 Å². The molecule has 0 bridgehead atoms. The predicted molar refractivity (Wildman–Crippen MR) is 68.6 cm³/mol. The van der Waals surface area contributed by atoms with E-state index in [9.17, 15) is 8.42 Å². The molecular formula is C10H16N6O2S. The molecule has 0 unspecified atom stereocenters. The largest absolute Gasteiger partial charge is 0.297 e. The maximum absolute atomic E-state index is 11.5. The van der Waals surface area contributed by atoms with E-state index in [2.05, 4.69) is 15.3 Å². The summed E-state index contributed by atoms with van der Waals surface area (Å²) < 4.78 is 26.0. The van der Waals surface area contributed by atoms with Gasteiger partial charge in [0, 0.05) is 19.8 Å². The molecule has 2 aromatic heterocycles. The highest BCUT2D eigenvalue weighted by atomic mass is 32.2. The average molecular weight is 284 g/mol. The Morgan fingerprint density at radius 1 is 1.32 bits per heavy atom. The van der Waals surface area contributed by atoms with Crippen molar-refractivity contribution in [3.8, 4) is 11.4 Å². The minimum atomic E-state index is -3.88. The van der Waals surface area contributed by atoms with E-state index in [4.69, 9.17) is 5.14 Å². The normalized spacial score (nSPS) is 12.0. The van der Waals surface area contributed by atoms with Gasteiger partial charge in [0.15, 0.2) is 5.82 Å². The van der Waals surface area contributed by atoms with E-state index in [1.54, 1.807) is 17.9 Å². The van der Waals surface area contributed by atoms with Crippen molar-refractivity contribution in [3.63, 3.8) is 0 Å². The highest BCUT2D eigenvalue weighted by molar-refractivity contribution is 7.89. The summed E-state index contributed by atoms with van der Waals surface area (Å²) in [5, 5.41) is 16.8. The molecule has 0 saturated heterocycles. The molecule has 19 heavy (non-hydrogen) atoms. The zero-order valence-corrected chi connectivity index (χ0v) is 11.8. The first kappa shape index (κ1) is 13.7. The summed E-state index contributed by atoms with van der Waals surface area (Å²) in [7, 11) is -2.08. The summed E-state index contributed by atoms with van der Waals surface area (Å²) in [5.41, 5.74) is 1.61. The molecule has 104 valence electrons. The van der Waals surface area contributed by atoms with Crippen molar-refractivity contribution in [1.29, 1.82) is 0 Å². The van der Waals surface area contributed by atoms with Crippen LogP contribution in [0, 0.1) is 0 Å². The number of hydrogen-bond donors (Lipinski definition) is 1. The van der Waals surface area contributed by atoms with Gasteiger partial charge < -0.3 is 0 Å². The van der Waals surface area contributed by atoms with E-state index in [0.29, 0.717) is 12.4 Å². The number of aryl methyl sites for hydroxylation is 2. The van der Waals surface area contributed by atoms with Gasteiger partial charge >= 0.3 is 0 Å². The van der Waals surface area contributed by atoms with Gasteiger partial charge in [-0.15, -0.1) is 10.2 Å². The molecule has 0 spiro atoms. The molecule has 0 aliphatic carbocycles. The molecule has 0 aliphatic heterocycles. The van der Waals surface area contributed by atoms with Crippen LogP contribution in [0.15, 0.2) is 11.4 Å². The van der Waals surface area contributed by atoms with Crippen LogP contribution in [0.5, 0.6) is 0 Å². The first-order chi connectivity index (χ1) is 8.88. The second kappa shape index (κ2) is 4.74. The summed E-state index contributed by atoms with van der Waals surface area (Å²) in [5.74, 6) is 0.469. The van der Waals surface area contributed by atoms with Gasteiger partial charge in [0.2, 0.25) is 0 Å². The van der Waals surface area contributed by atoms with Crippen molar-refractivity contribution in [2.45, 2.75) is 32.0 Å². The first-order valence-corrected chi connectivity index (χ1v) is 7.42. The smallest absolute Gasteiger partial charge is 0.273 e. The Balaban J connectivity index is 2.67. The fraction of sp³-hybridized carbons (Fsp3) is 0.500. The van der Waals surface area contributed by atoms with Crippen LogP contribution in [0.2, 0.25) is 0 Å². The lowest BCUT2D eigenvalue weighted by Gasteiger charge is -2.05. The van der Waals surface area contributed by atoms with Crippen molar-refractivity contribution in [2.75, 3.05) is 0 Å². The molecule has 0 saturated carbocycles. The van der Waals surface area contributed by atoms with Crippen LogP contribution >= 0.6 is 0 Å². The molecule has 0 aliphatic rings. The molecule has 0 amide bonds. The number of aromatic nitrogens is 5. The van der Waals surface area contributed by atoms with Crippen molar-refractivity contribution in [2.24, 2.45) is 12.2 Å². The summed E-state index contributed by atoms with van der Waals surface area (Å²) in [6.45, 7) is 4.19. The van der Waals surface area contributed by atoms with Crippen molar-refractivity contribution in [3.05, 3.63) is 11.9 Å². The molecule has 0 atom stereocenters. The molecule has 2 rings (SSSR count). The van der Waals surface area contributed by atoms with Gasteiger partial charge in [-0.1, -0.05) is 6.92 Å². The molecule has 0 radical (unpaired) electrons. The van der Waals surface area contributed by atoms with Crippen LogP contribution in [-0.2, 0) is 30.0 Å². The summed E-state index contributed by atoms with van der Waals surface area (Å²) in [6, 6.07) is 0. The van der Waals surface area contributed by atoms with Gasteiger partial charge in [0.05, 0.1) is 11.3 Å². The number of sulfonamides is 1. The molecule has 0 aromatic carbocycles. The van der Waals surface area contributed by atoms with Gasteiger partial charge in [-0.2, -0.15) is 5.10 Å². The van der Waals surface area contributed by atoms with Crippen molar-refractivity contribution < 1.29 is 8.42 Å². The highest BCUT2D eigenvalue weighted by Gasteiger charge is 2.23. The third-order valence-corrected chi connectivity index (χ3v) is 3.58. The maximum atomic E-state index is 11.5. The summed E-state index contributed by atoms with van der Waals surface area (Å²) in [6.07, 6.45) is 2.51. The second-order valence-electron chi connectivity index (χ2n) is 4.11. The molecule has 8 nitrogen and oxygen atoms in total. The lowest BCUT2D eigenvalue weighted by atomic mass is 10.2. The zero-order chi connectivity index (χ0) is 14.2. The predicted octanol–water partition coefficient (Wildman–Crippen LogP) is -0.0917. The van der Waals surface area contributed by atoms with E-state index >= 15 is 0 Å². The van der Waals surface area contributed by atoms with Gasteiger partial charge in [-0.25, -0.2) is 13.6 Å². The van der Waals surface area contributed by atoms with Crippen molar-refractivity contribution in [1.82, 2.24) is 24.5 Å². The molecule has 0 fully saturated rings. The van der Waals surface area contributed by atoms with Crippen LogP contribution < -0.4 is 5.14 Å². The van der Waals surface area contributed by atoms with E-state index in [1.165, 1.54) is 4.57 Å². The SMILES string of the molecule is CCc1nn(C)cc1-c1nnc(S(N)(=O)=O)n1CC. The number of nitrogens with zero attached hydrogens (tertiary/aromatic N) is 5. The van der Waals surface area contributed by atoms with Crippen LogP contribution in [-0.4, -0.2) is 33.0 Å². The topological polar surface area (TPSA) is 109 Å². The summed E-state index contributed by atoms with van der Waals surface area (Å²) in [4.78, 5) is 0. The quantitative estimate of drug-likeness (QED) is 0.843. The Hall–Kier alpha value is -1.74. The molecule has 2 aromatic rings. The minimum absolute atomic E-state index is 0.226.